The van der Waals surface area contributed by atoms with Crippen LogP contribution in [-0.2, 0) is 0 Å². The number of benzene rings is 2. The molecule has 0 amide bonds. The second kappa shape index (κ2) is 5.59. The molecule has 2 aromatic rings. The Kier molecular flexibility index (Phi) is 3.82. The van der Waals surface area contributed by atoms with Crippen LogP contribution in [0.15, 0.2) is 42.5 Å². The minimum atomic E-state index is -0.650. The van der Waals surface area contributed by atoms with Crippen LogP contribution < -0.4 is 0 Å². The lowest BCUT2D eigenvalue weighted by Gasteiger charge is -2.26. The summed E-state index contributed by atoms with van der Waals surface area (Å²) in [5, 5.41) is 11.2. The van der Waals surface area contributed by atoms with Crippen molar-refractivity contribution in [2.24, 2.45) is 0 Å². The van der Waals surface area contributed by atoms with Gasteiger partial charge in [-0.15, -0.1) is 0 Å². The molecule has 0 saturated heterocycles. The molecule has 1 nitrogen and oxygen atoms in total. The molecule has 20 heavy (non-hydrogen) atoms. The van der Waals surface area contributed by atoms with E-state index in [1.54, 1.807) is 0 Å². The van der Waals surface area contributed by atoms with Crippen LogP contribution >= 0.6 is 11.6 Å². The lowest BCUT2D eigenvalue weighted by molar-refractivity contribution is 0.220. The first kappa shape index (κ1) is 13.7. The van der Waals surface area contributed by atoms with Crippen molar-refractivity contribution in [2.45, 2.75) is 38.2 Å². The number of halogens is 1. The van der Waals surface area contributed by atoms with Gasteiger partial charge in [0.15, 0.2) is 0 Å². The van der Waals surface area contributed by atoms with E-state index in [2.05, 4.69) is 12.1 Å². The predicted octanol–water partition coefficient (Wildman–Crippen LogP) is 5.00. The first-order chi connectivity index (χ1) is 9.65. The number of aryl methyl sites for hydroxylation is 1. The van der Waals surface area contributed by atoms with Crippen molar-refractivity contribution in [2.75, 3.05) is 0 Å². The minimum Gasteiger partial charge on any atom is -0.384 e. The number of aliphatic hydroxyl groups is 1. The van der Waals surface area contributed by atoms with Gasteiger partial charge in [0.1, 0.15) is 6.10 Å². The summed E-state index contributed by atoms with van der Waals surface area (Å²) in [5.74, 6) is 0.677. The third kappa shape index (κ3) is 2.61. The number of hydrogen-bond acceptors (Lipinski definition) is 1. The molecule has 0 radical (unpaired) electrons. The summed E-state index contributed by atoms with van der Waals surface area (Å²) in [7, 11) is 0. The van der Waals surface area contributed by atoms with E-state index in [0.29, 0.717) is 10.9 Å². The van der Waals surface area contributed by atoms with Crippen LogP contribution in [0.3, 0.4) is 0 Å². The molecule has 1 aliphatic rings. The quantitative estimate of drug-likeness (QED) is 0.842. The zero-order chi connectivity index (χ0) is 14.1. The Labute approximate surface area is 125 Å². The predicted molar refractivity (Wildman–Crippen MR) is 83.3 cm³/mol. The lowest BCUT2D eigenvalue weighted by atomic mass is 9.79. The molecule has 2 heteroatoms. The summed E-state index contributed by atoms with van der Waals surface area (Å²) >= 11 is 6.26. The van der Waals surface area contributed by atoms with Crippen LogP contribution in [0.4, 0.5) is 0 Å². The summed E-state index contributed by atoms with van der Waals surface area (Å²) < 4.78 is 0. The molecule has 0 aliphatic heterocycles. The van der Waals surface area contributed by atoms with Gasteiger partial charge in [-0.3, -0.25) is 0 Å². The van der Waals surface area contributed by atoms with Crippen LogP contribution in [0.2, 0.25) is 5.02 Å². The van der Waals surface area contributed by atoms with Gasteiger partial charge in [0.05, 0.1) is 0 Å². The number of hydrogen-bond donors (Lipinski definition) is 1. The van der Waals surface area contributed by atoms with Crippen molar-refractivity contribution >= 4 is 11.6 Å². The summed E-state index contributed by atoms with van der Waals surface area (Å²) in [4.78, 5) is 0. The molecular formula is C18H19ClO. The van der Waals surface area contributed by atoms with Gasteiger partial charge < -0.3 is 5.11 Å². The van der Waals surface area contributed by atoms with Crippen molar-refractivity contribution in [1.82, 2.24) is 0 Å². The van der Waals surface area contributed by atoms with Crippen LogP contribution in [0, 0.1) is 6.92 Å². The van der Waals surface area contributed by atoms with Crippen molar-refractivity contribution in [3.63, 3.8) is 0 Å². The molecule has 0 spiro atoms. The molecule has 1 fully saturated rings. The van der Waals surface area contributed by atoms with E-state index in [9.17, 15) is 5.11 Å². The molecule has 104 valence electrons. The van der Waals surface area contributed by atoms with E-state index < -0.39 is 6.10 Å². The smallest absolute Gasteiger partial charge is 0.105 e. The lowest BCUT2D eigenvalue weighted by Crippen LogP contribution is -2.09. The summed E-state index contributed by atoms with van der Waals surface area (Å²) in [6, 6.07) is 14.1. The molecule has 1 N–H and O–H groups in total. The third-order valence-corrected chi connectivity index (χ3v) is 4.58. The Bertz CT molecular complexity index is 617. The van der Waals surface area contributed by atoms with Gasteiger partial charge in [-0.2, -0.15) is 0 Å². The van der Waals surface area contributed by atoms with Gasteiger partial charge in [-0.05, 0) is 48.4 Å². The molecule has 1 aliphatic carbocycles. The van der Waals surface area contributed by atoms with Gasteiger partial charge >= 0.3 is 0 Å². The maximum absolute atomic E-state index is 10.6. The fourth-order valence-corrected chi connectivity index (χ4v) is 3.10. The van der Waals surface area contributed by atoms with Crippen molar-refractivity contribution < 1.29 is 5.11 Å². The topological polar surface area (TPSA) is 20.2 Å². The zero-order valence-corrected chi connectivity index (χ0v) is 12.4. The molecule has 2 aromatic carbocycles. The molecule has 1 atom stereocenters. The fraction of sp³-hybridized carbons (Fsp3) is 0.333. The fourth-order valence-electron chi connectivity index (χ4n) is 2.76. The summed E-state index contributed by atoms with van der Waals surface area (Å²) in [6.45, 7) is 2.00. The highest BCUT2D eigenvalue weighted by Crippen LogP contribution is 2.38. The van der Waals surface area contributed by atoms with Gasteiger partial charge in [0.2, 0.25) is 0 Å². The van der Waals surface area contributed by atoms with Gasteiger partial charge in [0.25, 0.3) is 0 Å². The second-order valence-corrected chi connectivity index (χ2v) is 6.13. The van der Waals surface area contributed by atoms with Crippen LogP contribution in [0.1, 0.15) is 53.5 Å². The van der Waals surface area contributed by atoms with Crippen LogP contribution in [0.25, 0.3) is 0 Å². The van der Waals surface area contributed by atoms with Crippen molar-refractivity contribution in [1.29, 1.82) is 0 Å². The van der Waals surface area contributed by atoms with E-state index in [1.165, 1.54) is 24.8 Å². The normalized spacial score (nSPS) is 16.8. The molecule has 0 aromatic heterocycles. The average molecular weight is 287 g/mol. The second-order valence-electron chi connectivity index (χ2n) is 5.73. The summed E-state index contributed by atoms with van der Waals surface area (Å²) in [5.41, 5.74) is 4.16. The third-order valence-electron chi connectivity index (χ3n) is 4.25. The van der Waals surface area contributed by atoms with E-state index in [0.717, 1.165) is 16.7 Å². The number of rotatable bonds is 3. The Balaban J connectivity index is 1.91. The monoisotopic (exact) mass is 286 g/mol. The standard InChI is InChI=1S/C18H19ClO/c1-12-8-9-16(17(19)10-12)18(20)15-7-3-6-14(11-15)13-4-2-5-13/h3,6-11,13,18,20H,2,4-5H2,1H3. The molecule has 1 saturated carbocycles. The highest BCUT2D eigenvalue weighted by Gasteiger charge is 2.21. The SMILES string of the molecule is Cc1ccc(C(O)c2cccc(C3CCC3)c2)c(Cl)c1. The average Bonchev–Trinajstić information content (AvgIpc) is 2.36. The highest BCUT2D eigenvalue weighted by atomic mass is 35.5. The molecule has 3 rings (SSSR count). The van der Waals surface area contributed by atoms with Gasteiger partial charge in [0, 0.05) is 10.6 Å². The van der Waals surface area contributed by atoms with Gasteiger partial charge in [-0.1, -0.05) is 54.4 Å². The Morgan fingerprint density at radius 1 is 1.15 bits per heavy atom. The maximum Gasteiger partial charge on any atom is 0.105 e. The first-order valence-electron chi connectivity index (χ1n) is 7.19. The number of aliphatic hydroxyl groups excluding tert-OH is 1. The first-order valence-corrected chi connectivity index (χ1v) is 7.57. The molecule has 1 unspecified atom stereocenters. The molecular weight excluding hydrogens is 268 g/mol. The molecule has 0 bridgehead atoms. The van der Waals surface area contributed by atoms with Crippen LogP contribution in [-0.4, -0.2) is 5.11 Å². The van der Waals surface area contributed by atoms with E-state index in [-0.39, 0.29) is 0 Å². The maximum atomic E-state index is 10.6. The van der Waals surface area contributed by atoms with E-state index >= 15 is 0 Å². The minimum absolute atomic E-state index is 0.631. The summed E-state index contributed by atoms with van der Waals surface area (Å²) in [6.07, 6.45) is 3.21. The van der Waals surface area contributed by atoms with E-state index in [4.69, 9.17) is 11.6 Å². The Morgan fingerprint density at radius 3 is 2.60 bits per heavy atom. The largest absolute Gasteiger partial charge is 0.384 e. The van der Waals surface area contributed by atoms with Crippen LogP contribution in [0.5, 0.6) is 0 Å². The van der Waals surface area contributed by atoms with Crippen molar-refractivity contribution in [3.05, 3.63) is 69.7 Å². The zero-order valence-electron chi connectivity index (χ0n) is 11.6. The Morgan fingerprint density at radius 2 is 1.95 bits per heavy atom. The highest BCUT2D eigenvalue weighted by molar-refractivity contribution is 6.31. The van der Waals surface area contributed by atoms with E-state index in [1.807, 2.05) is 37.3 Å². The van der Waals surface area contributed by atoms with Crippen molar-refractivity contribution in [3.8, 4) is 0 Å². The Hall–Kier alpha value is -1.31. The molecule has 0 heterocycles. The van der Waals surface area contributed by atoms with Gasteiger partial charge in [-0.25, -0.2) is 0 Å².